The van der Waals surface area contributed by atoms with Gasteiger partial charge in [0.25, 0.3) is 5.91 Å². The molecular formula is C22H29N3O3. The van der Waals surface area contributed by atoms with Gasteiger partial charge in [-0.25, -0.2) is 0 Å². The minimum atomic E-state index is 0.0740. The Bertz CT molecular complexity index is 843. The van der Waals surface area contributed by atoms with E-state index in [2.05, 4.69) is 10.1 Å². The normalized spacial score (nSPS) is 22.3. The van der Waals surface area contributed by atoms with Crippen LogP contribution in [0.2, 0.25) is 0 Å². The predicted molar refractivity (Wildman–Crippen MR) is 106 cm³/mol. The van der Waals surface area contributed by atoms with Gasteiger partial charge in [0, 0.05) is 37.3 Å². The Morgan fingerprint density at radius 1 is 1.25 bits per heavy atom. The molecule has 1 aromatic heterocycles. The largest absolute Gasteiger partial charge is 0.493 e. The number of rotatable bonds is 5. The second-order valence-corrected chi connectivity index (χ2v) is 7.96. The molecule has 0 unspecified atom stereocenters. The van der Waals surface area contributed by atoms with E-state index in [1.807, 2.05) is 49.9 Å². The molecule has 6 heteroatoms. The van der Waals surface area contributed by atoms with Gasteiger partial charge >= 0.3 is 0 Å². The van der Waals surface area contributed by atoms with E-state index in [1.165, 1.54) is 5.56 Å². The zero-order valence-corrected chi connectivity index (χ0v) is 17.0. The van der Waals surface area contributed by atoms with Gasteiger partial charge in [0.15, 0.2) is 0 Å². The fourth-order valence-corrected chi connectivity index (χ4v) is 4.59. The minimum absolute atomic E-state index is 0.0740. The number of likely N-dealkylation sites (tertiary alicyclic amines) is 2. The molecule has 0 saturated carbocycles. The molecule has 28 heavy (non-hydrogen) atoms. The second kappa shape index (κ2) is 7.59. The molecule has 3 heterocycles. The third-order valence-electron chi connectivity index (χ3n) is 6.31. The van der Waals surface area contributed by atoms with Crippen LogP contribution in [0.1, 0.15) is 53.6 Å². The van der Waals surface area contributed by atoms with E-state index in [1.54, 1.807) is 0 Å². The van der Waals surface area contributed by atoms with Gasteiger partial charge in [-0.3, -0.25) is 9.69 Å². The van der Waals surface area contributed by atoms with Crippen molar-refractivity contribution in [1.82, 2.24) is 15.0 Å². The molecule has 0 radical (unpaired) electrons. The number of hydrogen-bond donors (Lipinski definition) is 0. The van der Waals surface area contributed by atoms with Crippen molar-refractivity contribution in [2.45, 2.75) is 52.1 Å². The number of amides is 1. The lowest BCUT2D eigenvalue weighted by Gasteiger charge is -2.57. The number of benzene rings is 1. The van der Waals surface area contributed by atoms with Gasteiger partial charge in [-0.05, 0) is 52.2 Å². The summed E-state index contributed by atoms with van der Waals surface area (Å²) in [5.41, 5.74) is 2.89. The molecular weight excluding hydrogens is 354 g/mol. The smallest absolute Gasteiger partial charge is 0.257 e. The van der Waals surface area contributed by atoms with Crippen LogP contribution in [-0.4, -0.2) is 52.6 Å². The number of carbonyl (C=O) groups is 1. The molecule has 1 amide bonds. The lowest BCUT2D eigenvalue weighted by atomic mass is 9.77. The first-order chi connectivity index (χ1) is 13.5. The van der Waals surface area contributed by atoms with Gasteiger partial charge in [-0.2, -0.15) is 0 Å². The first kappa shape index (κ1) is 19.0. The van der Waals surface area contributed by atoms with Crippen molar-refractivity contribution in [3.8, 4) is 5.75 Å². The molecule has 1 aromatic carbocycles. The van der Waals surface area contributed by atoms with E-state index in [0.717, 1.165) is 56.9 Å². The number of piperidine rings is 1. The minimum Gasteiger partial charge on any atom is -0.493 e. The number of aromatic nitrogens is 1. The lowest BCUT2D eigenvalue weighted by Crippen LogP contribution is -2.67. The molecule has 2 fully saturated rings. The summed E-state index contributed by atoms with van der Waals surface area (Å²) in [4.78, 5) is 17.8. The molecule has 0 bridgehead atoms. The van der Waals surface area contributed by atoms with Gasteiger partial charge in [0.1, 0.15) is 11.5 Å². The van der Waals surface area contributed by atoms with Crippen LogP contribution in [0.15, 0.2) is 28.8 Å². The van der Waals surface area contributed by atoms with Crippen molar-refractivity contribution in [1.29, 1.82) is 0 Å². The Kier molecular flexibility index (Phi) is 5.15. The second-order valence-electron chi connectivity index (χ2n) is 7.96. The lowest BCUT2D eigenvalue weighted by molar-refractivity contribution is -0.0651. The number of aryl methyl sites for hydroxylation is 2. The van der Waals surface area contributed by atoms with Crippen molar-refractivity contribution in [3.63, 3.8) is 0 Å². The summed E-state index contributed by atoms with van der Waals surface area (Å²) < 4.78 is 11.0. The van der Waals surface area contributed by atoms with Crippen LogP contribution in [0, 0.1) is 13.8 Å². The highest BCUT2D eigenvalue weighted by molar-refractivity contribution is 5.97. The fourth-order valence-electron chi connectivity index (χ4n) is 4.59. The summed E-state index contributed by atoms with van der Waals surface area (Å²) in [7, 11) is 0. The highest BCUT2D eigenvalue weighted by atomic mass is 16.5. The molecule has 2 aliphatic rings. The maximum Gasteiger partial charge on any atom is 0.257 e. The van der Waals surface area contributed by atoms with E-state index < -0.39 is 0 Å². The van der Waals surface area contributed by atoms with Gasteiger partial charge in [-0.1, -0.05) is 17.3 Å². The van der Waals surface area contributed by atoms with Crippen LogP contribution in [0.5, 0.6) is 5.75 Å². The molecule has 2 aliphatic heterocycles. The summed E-state index contributed by atoms with van der Waals surface area (Å²) >= 11 is 0. The van der Waals surface area contributed by atoms with Gasteiger partial charge in [-0.15, -0.1) is 0 Å². The summed E-state index contributed by atoms with van der Waals surface area (Å²) in [6, 6.07) is 7.57. The van der Waals surface area contributed by atoms with Gasteiger partial charge in [0.2, 0.25) is 0 Å². The van der Waals surface area contributed by atoms with E-state index in [4.69, 9.17) is 9.26 Å². The number of nitrogens with zero attached hydrogens (tertiary/aromatic N) is 3. The highest BCUT2D eigenvalue weighted by Gasteiger charge is 2.48. The number of hydrogen-bond acceptors (Lipinski definition) is 5. The van der Waals surface area contributed by atoms with Crippen molar-refractivity contribution in [2.75, 3.05) is 26.2 Å². The Morgan fingerprint density at radius 3 is 2.75 bits per heavy atom. The quantitative estimate of drug-likeness (QED) is 0.790. The van der Waals surface area contributed by atoms with Gasteiger partial charge < -0.3 is 14.2 Å². The molecule has 150 valence electrons. The third kappa shape index (κ3) is 3.30. The SMILES string of the molecule is CCOc1ccccc1C(=O)N1CCC[C@@]2(CCN2Cc2c(C)noc2C)C1. The van der Waals surface area contributed by atoms with E-state index in [9.17, 15) is 4.79 Å². The number of para-hydroxylation sites is 1. The van der Waals surface area contributed by atoms with E-state index in [-0.39, 0.29) is 11.4 Å². The fraction of sp³-hybridized carbons (Fsp3) is 0.545. The van der Waals surface area contributed by atoms with Gasteiger partial charge in [0.05, 0.1) is 17.9 Å². The monoisotopic (exact) mass is 383 g/mol. The Hall–Kier alpha value is -2.34. The van der Waals surface area contributed by atoms with Crippen LogP contribution in [0.25, 0.3) is 0 Å². The standard InChI is InChI=1S/C22H29N3O3/c1-4-27-20-9-6-5-8-18(20)21(26)24-12-7-10-22(15-24)11-13-25(22)14-19-16(2)23-28-17(19)3/h5-6,8-9H,4,7,10-15H2,1-3H3/t22-/m1/s1. The van der Waals surface area contributed by atoms with Crippen LogP contribution in [0.3, 0.4) is 0 Å². The highest BCUT2D eigenvalue weighted by Crippen LogP contribution is 2.40. The maximum atomic E-state index is 13.3. The molecule has 2 aromatic rings. The predicted octanol–water partition coefficient (Wildman–Crippen LogP) is 3.57. The maximum absolute atomic E-state index is 13.3. The average Bonchev–Trinajstić information content (AvgIpc) is 3.03. The molecule has 4 rings (SSSR count). The third-order valence-corrected chi connectivity index (χ3v) is 6.31. The van der Waals surface area contributed by atoms with Crippen LogP contribution in [0.4, 0.5) is 0 Å². The molecule has 2 saturated heterocycles. The number of ether oxygens (including phenoxy) is 1. The zero-order valence-electron chi connectivity index (χ0n) is 17.0. The first-order valence-corrected chi connectivity index (χ1v) is 10.2. The molecule has 0 N–H and O–H groups in total. The van der Waals surface area contributed by atoms with Crippen LogP contribution in [-0.2, 0) is 6.54 Å². The topological polar surface area (TPSA) is 58.8 Å². The summed E-state index contributed by atoms with van der Waals surface area (Å²) in [6.07, 6.45) is 3.29. The number of carbonyl (C=O) groups excluding carboxylic acids is 1. The Morgan fingerprint density at radius 2 is 2.07 bits per heavy atom. The summed E-state index contributed by atoms with van der Waals surface area (Å²) in [5, 5.41) is 4.09. The first-order valence-electron chi connectivity index (χ1n) is 10.2. The van der Waals surface area contributed by atoms with E-state index >= 15 is 0 Å². The van der Waals surface area contributed by atoms with Crippen molar-refractivity contribution in [3.05, 3.63) is 46.8 Å². The Balaban J connectivity index is 1.51. The average molecular weight is 383 g/mol. The molecule has 0 aliphatic carbocycles. The summed E-state index contributed by atoms with van der Waals surface area (Å²) in [5.74, 6) is 1.65. The van der Waals surface area contributed by atoms with Crippen LogP contribution < -0.4 is 4.74 Å². The molecule has 6 nitrogen and oxygen atoms in total. The van der Waals surface area contributed by atoms with Crippen molar-refractivity contribution >= 4 is 5.91 Å². The van der Waals surface area contributed by atoms with Crippen molar-refractivity contribution < 1.29 is 14.1 Å². The van der Waals surface area contributed by atoms with E-state index in [0.29, 0.717) is 17.9 Å². The van der Waals surface area contributed by atoms with Crippen molar-refractivity contribution in [2.24, 2.45) is 0 Å². The Labute approximate surface area is 166 Å². The zero-order chi connectivity index (χ0) is 19.7. The molecule has 1 spiro atoms. The molecule has 1 atom stereocenters. The van der Waals surface area contributed by atoms with Crippen LogP contribution >= 0.6 is 0 Å². The summed E-state index contributed by atoms with van der Waals surface area (Å²) in [6.45, 7) is 9.95.